The lowest BCUT2D eigenvalue weighted by Crippen LogP contribution is -2.37. The second-order valence-electron chi connectivity index (χ2n) is 5.18. The fourth-order valence-corrected chi connectivity index (χ4v) is 2.82. The Kier molecular flexibility index (Phi) is 5.33. The zero-order valence-electron chi connectivity index (χ0n) is 11.2. The zero-order valence-corrected chi connectivity index (χ0v) is 11.9. The first-order chi connectivity index (χ1) is 8.79. The third kappa shape index (κ3) is 3.89. The topological polar surface area (TPSA) is 15.3 Å². The lowest BCUT2D eigenvalue weighted by atomic mass is 10.0. The van der Waals surface area contributed by atoms with Crippen molar-refractivity contribution in [1.29, 1.82) is 0 Å². The van der Waals surface area contributed by atoms with Gasteiger partial charge in [0.25, 0.3) is 0 Å². The number of halogens is 1. The van der Waals surface area contributed by atoms with Crippen molar-refractivity contribution in [2.45, 2.75) is 37.6 Å². The number of anilines is 1. The van der Waals surface area contributed by atoms with E-state index in [0.717, 1.165) is 12.6 Å². The van der Waals surface area contributed by atoms with E-state index in [9.17, 15) is 0 Å². The maximum Gasteiger partial charge on any atom is 0.0474 e. The first kappa shape index (κ1) is 13.7. The summed E-state index contributed by atoms with van der Waals surface area (Å²) in [5, 5.41) is 3.50. The zero-order chi connectivity index (χ0) is 12.8. The first-order valence-corrected chi connectivity index (χ1v) is 7.42. The van der Waals surface area contributed by atoms with E-state index in [0.29, 0.717) is 5.88 Å². The third-order valence-electron chi connectivity index (χ3n) is 3.81. The van der Waals surface area contributed by atoms with Crippen LogP contribution in [0.1, 0.15) is 31.2 Å². The maximum atomic E-state index is 5.84. The van der Waals surface area contributed by atoms with Crippen molar-refractivity contribution in [3.05, 3.63) is 29.8 Å². The van der Waals surface area contributed by atoms with Crippen LogP contribution in [-0.2, 0) is 5.88 Å². The summed E-state index contributed by atoms with van der Waals surface area (Å²) in [5.74, 6) is 0.584. The van der Waals surface area contributed by atoms with E-state index >= 15 is 0 Å². The van der Waals surface area contributed by atoms with Crippen molar-refractivity contribution in [2.75, 3.05) is 25.5 Å². The van der Waals surface area contributed by atoms with Crippen molar-refractivity contribution in [1.82, 2.24) is 4.90 Å². The molecule has 2 rings (SSSR count). The Hall–Kier alpha value is -0.730. The van der Waals surface area contributed by atoms with Gasteiger partial charge in [0.2, 0.25) is 0 Å². The van der Waals surface area contributed by atoms with Crippen LogP contribution in [0.25, 0.3) is 0 Å². The normalized spacial score (nSPS) is 20.9. The van der Waals surface area contributed by atoms with Gasteiger partial charge in [-0.1, -0.05) is 18.6 Å². The van der Waals surface area contributed by atoms with E-state index in [1.165, 1.54) is 43.5 Å². The number of hydrogen-bond acceptors (Lipinski definition) is 2. The highest BCUT2D eigenvalue weighted by atomic mass is 35.5. The fraction of sp³-hybridized carbons (Fsp3) is 0.600. The van der Waals surface area contributed by atoms with Crippen LogP contribution in [-0.4, -0.2) is 31.1 Å². The molecule has 1 aromatic rings. The van der Waals surface area contributed by atoms with Gasteiger partial charge in [0.1, 0.15) is 0 Å². The summed E-state index contributed by atoms with van der Waals surface area (Å²) in [4.78, 5) is 2.50. The van der Waals surface area contributed by atoms with Crippen LogP contribution in [0, 0.1) is 0 Å². The Morgan fingerprint density at radius 1 is 1.39 bits per heavy atom. The van der Waals surface area contributed by atoms with Crippen LogP contribution >= 0.6 is 11.6 Å². The number of piperidine rings is 1. The third-order valence-corrected chi connectivity index (χ3v) is 4.12. The van der Waals surface area contributed by atoms with Gasteiger partial charge in [-0.2, -0.15) is 0 Å². The number of likely N-dealkylation sites (tertiary alicyclic amines) is 1. The smallest absolute Gasteiger partial charge is 0.0474 e. The molecule has 1 atom stereocenters. The first-order valence-electron chi connectivity index (χ1n) is 6.88. The molecule has 18 heavy (non-hydrogen) atoms. The van der Waals surface area contributed by atoms with Crippen molar-refractivity contribution < 1.29 is 0 Å². The van der Waals surface area contributed by atoms with E-state index in [-0.39, 0.29) is 0 Å². The van der Waals surface area contributed by atoms with Crippen LogP contribution in [0.3, 0.4) is 0 Å². The molecule has 1 saturated heterocycles. The average Bonchev–Trinajstić information content (AvgIpc) is 2.41. The molecule has 0 bridgehead atoms. The standard InChI is InChI=1S/C15H23ClN2/c1-18-10-3-2-7-15(18)8-9-17-14-6-4-5-13(11-14)12-16/h4-6,11,15,17H,2-3,7-10,12H2,1H3. The van der Waals surface area contributed by atoms with Gasteiger partial charge in [-0.3, -0.25) is 0 Å². The molecule has 100 valence electrons. The summed E-state index contributed by atoms with van der Waals surface area (Å²) < 4.78 is 0. The summed E-state index contributed by atoms with van der Waals surface area (Å²) in [6.07, 6.45) is 5.32. The number of nitrogens with zero attached hydrogens (tertiary/aromatic N) is 1. The highest BCUT2D eigenvalue weighted by molar-refractivity contribution is 6.17. The van der Waals surface area contributed by atoms with Crippen molar-refractivity contribution in [3.8, 4) is 0 Å². The molecular weight excluding hydrogens is 244 g/mol. The number of rotatable bonds is 5. The lowest BCUT2D eigenvalue weighted by Gasteiger charge is -2.32. The largest absolute Gasteiger partial charge is 0.385 e. The second-order valence-corrected chi connectivity index (χ2v) is 5.45. The SMILES string of the molecule is CN1CCCCC1CCNc1cccc(CCl)c1. The molecule has 0 aromatic heterocycles. The predicted molar refractivity (Wildman–Crippen MR) is 79.4 cm³/mol. The lowest BCUT2D eigenvalue weighted by molar-refractivity contribution is 0.179. The van der Waals surface area contributed by atoms with E-state index in [1.807, 2.05) is 0 Å². The Bertz CT molecular complexity index is 367. The summed E-state index contributed by atoms with van der Waals surface area (Å²) >= 11 is 5.84. The molecule has 1 fully saturated rings. The summed E-state index contributed by atoms with van der Waals surface area (Å²) in [5.41, 5.74) is 2.36. The molecule has 1 heterocycles. The Labute approximate surface area is 115 Å². The van der Waals surface area contributed by atoms with Crippen molar-refractivity contribution in [3.63, 3.8) is 0 Å². The Morgan fingerprint density at radius 2 is 2.28 bits per heavy atom. The molecule has 1 aromatic carbocycles. The molecule has 1 N–H and O–H groups in total. The minimum atomic E-state index is 0.584. The van der Waals surface area contributed by atoms with Crippen molar-refractivity contribution >= 4 is 17.3 Å². The van der Waals surface area contributed by atoms with E-state index in [2.05, 4.69) is 41.5 Å². The summed E-state index contributed by atoms with van der Waals surface area (Å²) in [7, 11) is 2.25. The van der Waals surface area contributed by atoms with Gasteiger partial charge in [0, 0.05) is 24.2 Å². The van der Waals surface area contributed by atoms with Gasteiger partial charge < -0.3 is 10.2 Å². The molecule has 2 nitrogen and oxygen atoms in total. The van der Waals surface area contributed by atoms with Gasteiger partial charge in [-0.15, -0.1) is 11.6 Å². The van der Waals surface area contributed by atoms with E-state index in [1.54, 1.807) is 0 Å². The maximum absolute atomic E-state index is 5.84. The number of nitrogens with one attached hydrogen (secondary N) is 1. The van der Waals surface area contributed by atoms with Crippen LogP contribution in [0.4, 0.5) is 5.69 Å². The van der Waals surface area contributed by atoms with Crippen LogP contribution in [0.5, 0.6) is 0 Å². The Balaban J connectivity index is 1.77. The fourth-order valence-electron chi connectivity index (χ4n) is 2.66. The number of hydrogen-bond donors (Lipinski definition) is 1. The molecular formula is C15H23ClN2. The molecule has 0 radical (unpaired) electrons. The molecule has 3 heteroatoms. The van der Waals surface area contributed by atoms with Crippen molar-refractivity contribution in [2.24, 2.45) is 0 Å². The molecule has 1 aliphatic heterocycles. The number of benzene rings is 1. The number of alkyl halides is 1. The highest BCUT2D eigenvalue weighted by Crippen LogP contribution is 2.18. The molecule has 0 saturated carbocycles. The van der Waals surface area contributed by atoms with E-state index in [4.69, 9.17) is 11.6 Å². The van der Waals surface area contributed by atoms with Gasteiger partial charge in [-0.25, -0.2) is 0 Å². The summed E-state index contributed by atoms with van der Waals surface area (Å²) in [6, 6.07) is 9.13. The molecule has 0 aliphatic carbocycles. The molecule has 1 aliphatic rings. The van der Waals surface area contributed by atoms with Crippen LogP contribution in [0.15, 0.2) is 24.3 Å². The average molecular weight is 267 g/mol. The molecule has 0 spiro atoms. The Morgan fingerprint density at radius 3 is 3.06 bits per heavy atom. The highest BCUT2D eigenvalue weighted by Gasteiger charge is 2.17. The predicted octanol–water partition coefficient (Wildman–Crippen LogP) is 3.71. The van der Waals surface area contributed by atoms with Crippen LogP contribution in [0.2, 0.25) is 0 Å². The van der Waals surface area contributed by atoms with Gasteiger partial charge in [-0.05, 0) is 50.6 Å². The second kappa shape index (κ2) is 7.01. The van der Waals surface area contributed by atoms with Crippen LogP contribution < -0.4 is 5.32 Å². The monoisotopic (exact) mass is 266 g/mol. The minimum absolute atomic E-state index is 0.584. The summed E-state index contributed by atoms with van der Waals surface area (Å²) in [6.45, 7) is 2.30. The molecule has 1 unspecified atom stereocenters. The van der Waals surface area contributed by atoms with Gasteiger partial charge in [0.15, 0.2) is 0 Å². The van der Waals surface area contributed by atoms with E-state index < -0.39 is 0 Å². The quantitative estimate of drug-likeness (QED) is 0.818. The van der Waals surface area contributed by atoms with Gasteiger partial charge in [0.05, 0.1) is 0 Å². The molecule has 0 amide bonds. The van der Waals surface area contributed by atoms with Gasteiger partial charge >= 0.3 is 0 Å². The minimum Gasteiger partial charge on any atom is -0.385 e.